The third-order valence-electron chi connectivity index (χ3n) is 2.15. The van der Waals surface area contributed by atoms with Crippen molar-refractivity contribution in [2.24, 2.45) is 0 Å². The fourth-order valence-electron chi connectivity index (χ4n) is 1.52. The molecule has 0 saturated heterocycles. The summed E-state index contributed by atoms with van der Waals surface area (Å²) in [6.07, 6.45) is 5.63. The smallest absolute Gasteiger partial charge is 0.0101 e. The predicted molar refractivity (Wildman–Crippen MR) is 56.4 cm³/mol. The molecule has 0 heterocycles. The van der Waals surface area contributed by atoms with Gasteiger partial charge in [-0.05, 0) is 39.3 Å². The molecule has 0 aromatic carbocycles. The lowest BCUT2D eigenvalue weighted by Crippen LogP contribution is -2.34. The van der Waals surface area contributed by atoms with Crippen LogP contribution in [0.3, 0.4) is 0 Å². The van der Waals surface area contributed by atoms with Crippen molar-refractivity contribution in [3.63, 3.8) is 0 Å². The number of nitrogens with zero attached hydrogens (tertiary/aromatic N) is 1. The molecule has 0 aliphatic heterocycles. The molecule has 1 heteroatoms. The Kier molecular flexibility index (Phi) is 7.17. The van der Waals surface area contributed by atoms with Crippen LogP contribution in [-0.2, 0) is 0 Å². The van der Waals surface area contributed by atoms with Gasteiger partial charge < -0.3 is 4.90 Å². The van der Waals surface area contributed by atoms with E-state index in [1.54, 1.807) is 0 Å². The molecule has 1 unspecified atom stereocenters. The van der Waals surface area contributed by atoms with Crippen LogP contribution in [0.4, 0.5) is 0 Å². The van der Waals surface area contributed by atoms with Crippen molar-refractivity contribution in [3.05, 3.63) is 12.7 Å². The fraction of sp³-hybridized carbons (Fsp3) is 0.818. The molecule has 0 bridgehead atoms. The van der Waals surface area contributed by atoms with E-state index in [9.17, 15) is 0 Å². The van der Waals surface area contributed by atoms with Gasteiger partial charge in [0.05, 0.1) is 0 Å². The van der Waals surface area contributed by atoms with Crippen LogP contribution in [-0.4, -0.2) is 24.0 Å². The van der Waals surface area contributed by atoms with E-state index in [-0.39, 0.29) is 0 Å². The van der Waals surface area contributed by atoms with Crippen molar-refractivity contribution in [2.45, 2.75) is 46.1 Å². The van der Waals surface area contributed by atoms with Gasteiger partial charge in [0, 0.05) is 6.04 Å². The Morgan fingerprint density at radius 1 is 1.25 bits per heavy atom. The third-order valence-corrected chi connectivity index (χ3v) is 2.15. The molecule has 0 aromatic heterocycles. The van der Waals surface area contributed by atoms with Crippen molar-refractivity contribution >= 4 is 0 Å². The van der Waals surface area contributed by atoms with E-state index < -0.39 is 0 Å². The molecule has 1 nitrogen and oxygen atoms in total. The summed E-state index contributed by atoms with van der Waals surface area (Å²) in [5.41, 5.74) is 0. The molecule has 0 aliphatic rings. The third kappa shape index (κ3) is 4.55. The highest BCUT2D eigenvalue weighted by molar-refractivity contribution is 4.76. The Morgan fingerprint density at radius 3 is 2.08 bits per heavy atom. The van der Waals surface area contributed by atoms with Crippen LogP contribution in [0.2, 0.25) is 0 Å². The molecule has 1 atom stereocenters. The summed E-state index contributed by atoms with van der Waals surface area (Å²) in [5, 5.41) is 0. The summed E-state index contributed by atoms with van der Waals surface area (Å²) in [6.45, 7) is 13.0. The van der Waals surface area contributed by atoms with Crippen LogP contribution in [0.1, 0.15) is 40.0 Å². The van der Waals surface area contributed by atoms with Gasteiger partial charge in [-0.15, -0.1) is 6.58 Å². The summed E-state index contributed by atoms with van der Waals surface area (Å²) in [4.78, 5) is 2.54. The maximum absolute atomic E-state index is 3.78. The van der Waals surface area contributed by atoms with Gasteiger partial charge in [-0.1, -0.05) is 19.9 Å². The van der Waals surface area contributed by atoms with Gasteiger partial charge in [0.1, 0.15) is 0 Å². The maximum atomic E-state index is 3.78. The molecule has 0 aliphatic carbocycles. The van der Waals surface area contributed by atoms with Crippen LogP contribution in [0.5, 0.6) is 0 Å². The second kappa shape index (κ2) is 7.35. The summed E-state index contributed by atoms with van der Waals surface area (Å²) in [5.74, 6) is 0. The Bertz CT molecular complexity index is 104. The van der Waals surface area contributed by atoms with E-state index in [1.165, 1.54) is 25.9 Å². The molecule has 0 radical (unpaired) electrons. The number of rotatable bonds is 7. The van der Waals surface area contributed by atoms with Crippen molar-refractivity contribution in [1.82, 2.24) is 4.90 Å². The van der Waals surface area contributed by atoms with Crippen LogP contribution in [0, 0.1) is 0 Å². The average Bonchev–Trinajstić information content (AvgIpc) is 2.04. The van der Waals surface area contributed by atoms with Crippen LogP contribution in [0.15, 0.2) is 12.7 Å². The SMILES string of the molecule is C=CCC(C)N(CCC)CCC. The van der Waals surface area contributed by atoms with E-state index in [2.05, 4.69) is 32.3 Å². The maximum Gasteiger partial charge on any atom is 0.0101 e. The van der Waals surface area contributed by atoms with Gasteiger partial charge in [-0.2, -0.15) is 0 Å². The van der Waals surface area contributed by atoms with Crippen molar-refractivity contribution in [3.8, 4) is 0 Å². The van der Waals surface area contributed by atoms with Crippen LogP contribution < -0.4 is 0 Å². The lowest BCUT2D eigenvalue weighted by molar-refractivity contribution is 0.210. The van der Waals surface area contributed by atoms with Gasteiger partial charge in [-0.3, -0.25) is 0 Å². The Morgan fingerprint density at radius 2 is 1.75 bits per heavy atom. The van der Waals surface area contributed by atoms with Crippen LogP contribution in [0.25, 0.3) is 0 Å². The highest BCUT2D eigenvalue weighted by Crippen LogP contribution is 2.05. The first kappa shape index (κ1) is 11.7. The van der Waals surface area contributed by atoms with Crippen molar-refractivity contribution in [2.75, 3.05) is 13.1 Å². The molecular weight excluding hydrogens is 146 g/mol. The minimum atomic E-state index is 0.669. The van der Waals surface area contributed by atoms with Crippen molar-refractivity contribution < 1.29 is 0 Å². The molecule has 0 rings (SSSR count). The van der Waals surface area contributed by atoms with Gasteiger partial charge in [-0.25, -0.2) is 0 Å². The van der Waals surface area contributed by atoms with E-state index in [0.29, 0.717) is 6.04 Å². The summed E-state index contributed by atoms with van der Waals surface area (Å²) >= 11 is 0. The Labute approximate surface area is 77.5 Å². The molecule has 0 spiro atoms. The van der Waals surface area contributed by atoms with Gasteiger partial charge >= 0.3 is 0 Å². The average molecular weight is 169 g/mol. The summed E-state index contributed by atoms with van der Waals surface area (Å²) in [7, 11) is 0. The van der Waals surface area contributed by atoms with Crippen molar-refractivity contribution in [1.29, 1.82) is 0 Å². The molecule has 72 valence electrons. The van der Waals surface area contributed by atoms with E-state index in [0.717, 1.165) is 6.42 Å². The molecular formula is C11H23N. The zero-order valence-electron chi connectivity index (χ0n) is 8.84. The Hall–Kier alpha value is -0.300. The van der Waals surface area contributed by atoms with Gasteiger partial charge in [0.2, 0.25) is 0 Å². The lowest BCUT2D eigenvalue weighted by Gasteiger charge is -2.27. The first-order chi connectivity index (χ1) is 5.76. The molecule has 0 saturated carbocycles. The monoisotopic (exact) mass is 169 g/mol. The molecule has 12 heavy (non-hydrogen) atoms. The fourth-order valence-corrected chi connectivity index (χ4v) is 1.52. The molecule has 0 amide bonds. The van der Waals surface area contributed by atoms with E-state index in [4.69, 9.17) is 0 Å². The van der Waals surface area contributed by atoms with Crippen LogP contribution >= 0.6 is 0 Å². The molecule has 0 fully saturated rings. The van der Waals surface area contributed by atoms with E-state index >= 15 is 0 Å². The lowest BCUT2D eigenvalue weighted by atomic mass is 10.2. The number of hydrogen-bond donors (Lipinski definition) is 0. The Balaban J connectivity index is 3.80. The zero-order valence-corrected chi connectivity index (χ0v) is 8.84. The molecule has 0 aromatic rings. The van der Waals surface area contributed by atoms with Gasteiger partial charge in [0.15, 0.2) is 0 Å². The highest BCUT2D eigenvalue weighted by Gasteiger charge is 2.09. The normalized spacial score (nSPS) is 13.3. The second-order valence-corrected chi connectivity index (χ2v) is 3.41. The number of hydrogen-bond acceptors (Lipinski definition) is 1. The first-order valence-electron chi connectivity index (χ1n) is 5.11. The zero-order chi connectivity index (χ0) is 9.40. The summed E-state index contributed by atoms with van der Waals surface area (Å²) in [6, 6.07) is 0.669. The predicted octanol–water partition coefficient (Wildman–Crippen LogP) is 3.07. The minimum Gasteiger partial charge on any atom is -0.300 e. The van der Waals surface area contributed by atoms with E-state index in [1.807, 2.05) is 6.08 Å². The standard InChI is InChI=1S/C11H23N/c1-5-8-11(4)12(9-6-2)10-7-3/h5,11H,1,6-10H2,2-4H3. The minimum absolute atomic E-state index is 0.669. The highest BCUT2D eigenvalue weighted by atomic mass is 15.1. The largest absolute Gasteiger partial charge is 0.300 e. The van der Waals surface area contributed by atoms with Gasteiger partial charge in [0.25, 0.3) is 0 Å². The quantitative estimate of drug-likeness (QED) is 0.529. The first-order valence-corrected chi connectivity index (χ1v) is 5.11. The topological polar surface area (TPSA) is 3.24 Å². The second-order valence-electron chi connectivity index (χ2n) is 3.41. The summed E-state index contributed by atoms with van der Waals surface area (Å²) < 4.78 is 0. The molecule has 0 N–H and O–H groups in total.